The van der Waals surface area contributed by atoms with Crippen LogP contribution in [-0.4, -0.2) is 25.2 Å². The predicted octanol–water partition coefficient (Wildman–Crippen LogP) is 9.48. The summed E-state index contributed by atoms with van der Waals surface area (Å²) in [5.74, 6) is -0.0808. The van der Waals surface area contributed by atoms with Crippen LogP contribution in [0.15, 0.2) is 0 Å². The summed E-state index contributed by atoms with van der Waals surface area (Å²) >= 11 is 0. The summed E-state index contributed by atoms with van der Waals surface area (Å²) in [7, 11) is 0. The molecular weight excluding hydrogens is 424 g/mol. The van der Waals surface area contributed by atoms with Crippen LogP contribution in [0.4, 0.5) is 0 Å². The molecule has 0 saturated heterocycles. The van der Waals surface area contributed by atoms with Gasteiger partial charge in [0.1, 0.15) is 0 Å². The van der Waals surface area contributed by atoms with Crippen molar-refractivity contribution in [2.45, 2.75) is 168 Å². The zero-order valence-corrected chi connectivity index (χ0v) is 23.0. The first-order valence-corrected chi connectivity index (χ1v) is 15.0. The van der Waals surface area contributed by atoms with Gasteiger partial charge in [-0.3, -0.25) is 9.59 Å². The Hall–Kier alpha value is -1.06. The van der Waals surface area contributed by atoms with Crippen LogP contribution in [0.5, 0.6) is 0 Å². The van der Waals surface area contributed by atoms with Crippen molar-refractivity contribution in [1.82, 2.24) is 0 Å². The van der Waals surface area contributed by atoms with E-state index >= 15 is 0 Å². The quantitative estimate of drug-likeness (QED) is 0.0864. The van der Waals surface area contributed by atoms with E-state index in [0.717, 1.165) is 51.4 Å². The van der Waals surface area contributed by atoms with E-state index in [1.54, 1.807) is 0 Å². The number of hydrogen-bond acceptors (Lipinski definition) is 4. The number of unbranched alkanes of at least 4 members (excludes halogenated alkanes) is 19. The van der Waals surface area contributed by atoms with Gasteiger partial charge in [-0.25, -0.2) is 0 Å². The predicted molar refractivity (Wildman–Crippen MR) is 144 cm³/mol. The normalized spacial score (nSPS) is 11.0. The fraction of sp³-hybridized carbons (Fsp3) is 0.933. The molecule has 0 fully saturated rings. The van der Waals surface area contributed by atoms with Crippen molar-refractivity contribution < 1.29 is 19.1 Å². The zero-order chi connectivity index (χ0) is 25.0. The maximum atomic E-state index is 11.8. The minimum absolute atomic E-state index is 0.0379. The lowest BCUT2D eigenvalue weighted by Gasteiger charge is -2.06. The van der Waals surface area contributed by atoms with Gasteiger partial charge in [-0.15, -0.1) is 0 Å². The second-order valence-electron chi connectivity index (χ2n) is 10.0. The standard InChI is InChI=1S/C30H58O4/c1-3-5-7-9-11-12-13-16-20-24-28-34-30(32)26-22-18-15-14-17-21-25-29(31)33-27-23-19-10-8-6-4-2/h3-28H2,1-2H3. The van der Waals surface area contributed by atoms with E-state index in [-0.39, 0.29) is 11.9 Å². The van der Waals surface area contributed by atoms with Gasteiger partial charge in [-0.2, -0.15) is 0 Å². The van der Waals surface area contributed by atoms with Crippen LogP contribution in [0.25, 0.3) is 0 Å². The molecule has 0 aromatic rings. The number of hydrogen-bond donors (Lipinski definition) is 0. The molecule has 4 heteroatoms. The lowest BCUT2D eigenvalue weighted by Crippen LogP contribution is -2.06. The summed E-state index contributed by atoms with van der Waals surface area (Å²) in [5.41, 5.74) is 0. The van der Waals surface area contributed by atoms with E-state index in [2.05, 4.69) is 13.8 Å². The SMILES string of the molecule is CCCCCCCCCCCCOC(=O)CCCCCCCCC(=O)OCCCCCCCC. The molecule has 0 spiro atoms. The van der Waals surface area contributed by atoms with E-state index in [1.165, 1.54) is 89.9 Å². The van der Waals surface area contributed by atoms with Crippen molar-refractivity contribution in [2.24, 2.45) is 0 Å². The molecule has 202 valence electrons. The fourth-order valence-electron chi connectivity index (χ4n) is 4.23. The summed E-state index contributed by atoms with van der Waals surface area (Å²) < 4.78 is 10.7. The molecule has 0 aromatic heterocycles. The molecular formula is C30H58O4. The van der Waals surface area contributed by atoms with E-state index in [0.29, 0.717) is 26.1 Å². The highest BCUT2D eigenvalue weighted by Crippen LogP contribution is 2.12. The summed E-state index contributed by atoms with van der Waals surface area (Å²) in [6.45, 7) is 5.65. The highest BCUT2D eigenvalue weighted by atomic mass is 16.5. The van der Waals surface area contributed by atoms with Crippen molar-refractivity contribution >= 4 is 11.9 Å². The van der Waals surface area contributed by atoms with E-state index in [9.17, 15) is 9.59 Å². The first kappa shape index (κ1) is 32.9. The van der Waals surface area contributed by atoms with Crippen LogP contribution in [0.2, 0.25) is 0 Å². The Balaban J connectivity index is 3.25. The monoisotopic (exact) mass is 482 g/mol. The molecule has 4 nitrogen and oxygen atoms in total. The molecule has 0 heterocycles. The second kappa shape index (κ2) is 28.2. The highest BCUT2D eigenvalue weighted by Gasteiger charge is 2.04. The Morgan fingerprint density at radius 3 is 0.971 bits per heavy atom. The molecule has 0 radical (unpaired) electrons. The molecule has 0 unspecified atom stereocenters. The van der Waals surface area contributed by atoms with Crippen molar-refractivity contribution in [3.8, 4) is 0 Å². The highest BCUT2D eigenvalue weighted by molar-refractivity contribution is 5.69. The average Bonchev–Trinajstić information content (AvgIpc) is 2.83. The van der Waals surface area contributed by atoms with Crippen molar-refractivity contribution in [1.29, 1.82) is 0 Å². The summed E-state index contributed by atoms with van der Waals surface area (Å²) in [4.78, 5) is 23.5. The van der Waals surface area contributed by atoms with Gasteiger partial charge in [0.15, 0.2) is 0 Å². The topological polar surface area (TPSA) is 52.6 Å². The number of ether oxygens (including phenoxy) is 2. The van der Waals surface area contributed by atoms with Gasteiger partial charge in [0, 0.05) is 12.8 Å². The largest absolute Gasteiger partial charge is 0.466 e. The van der Waals surface area contributed by atoms with Gasteiger partial charge in [0.05, 0.1) is 13.2 Å². The van der Waals surface area contributed by atoms with Gasteiger partial charge >= 0.3 is 11.9 Å². The van der Waals surface area contributed by atoms with Gasteiger partial charge in [0.2, 0.25) is 0 Å². The third-order valence-electron chi connectivity index (χ3n) is 6.53. The number of carbonyl (C=O) groups excluding carboxylic acids is 2. The van der Waals surface area contributed by atoms with Crippen LogP contribution >= 0.6 is 0 Å². The molecule has 0 atom stereocenters. The van der Waals surface area contributed by atoms with Crippen LogP contribution < -0.4 is 0 Å². The smallest absolute Gasteiger partial charge is 0.305 e. The Bertz CT molecular complexity index is 436. The van der Waals surface area contributed by atoms with Crippen molar-refractivity contribution in [3.05, 3.63) is 0 Å². The second-order valence-corrected chi connectivity index (χ2v) is 10.0. The minimum atomic E-state index is -0.0429. The van der Waals surface area contributed by atoms with E-state index < -0.39 is 0 Å². The van der Waals surface area contributed by atoms with E-state index in [4.69, 9.17) is 9.47 Å². The lowest BCUT2D eigenvalue weighted by molar-refractivity contribution is -0.144. The summed E-state index contributed by atoms with van der Waals surface area (Å²) in [5, 5.41) is 0. The maximum Gasteiger partial charge on any atom is 0.305 e. The fourth-order valence-corrected chi connectivity index (χ4v) is 4.23. The van der Waals surface area contributed by atoms with Crippen LogP contribution in [-0.2, 0) is 19.1 Å². The number of carbonyl (C=O) groups is 2. The average molecular weight is 483 g/mol. The van der Waals surface area contributed by atoms with Crippen LogP contribution in [0.3, 0.4) is 0 Å². The van der Waals surface area contributed by atoms with E-state index in [1.807, 2.05) is 0 Å². The third-order valence-corrected chi connectivity index (χ3v) is 6.53. The molecule has 0 aromatic carbocycles. The molecule has 34 heavy (non-hydrogen) atoms. The van der Waals surface area contributed by atoms with Gasteiger partial charge in [-0.05, 0) is 25.7 Å². The van der Waals surface area contributed by atoms with Gasteiger partial charge in [-0.1, -0.05) is 129 Å². The Labute approximate surface area is 212 Å². The zero-order valence-electron chi connectivity index (χ0n) is 23.0. The molecule has 0 bridgehead atoms. The Morgan fingerprint density at radius 2 is 0.647 bits per heavy atom. The third kappa shape index (κ3) is 27.2. The minimum Gasteiger partial charge on any atom is -0.466 e. The first-order valence-electron chi connectivity index (χ1n) is 15.0. The first-order chi connectivity index (χ1) is 16.7. The number of rotatable bonds is 27. The summed E-state index contributed by atoms with van der Waals surface area (Å²) in [6, 6.07) is 0. The summed E-state index contributed by atoms with van der Waals surface area (Å²) in [6.07, 6.45) is 27.5. The molecule has 0 amide bonds. The molecule has 0 rings (SSSR count). The number of esters is 2. The van der Waals surface area contributed by atoms with Crippen molar-refractivity contribution in [3.63, 3.8) is 0 Å². The molecule has 0 aliphatic heterocycles. The van der Waals surface area contributed by atoms with Crippen LogP contribution in [0.1, 0.15) is 168 Å². The molecule has 0 saturated carbocycles. The maximum absolute atomic E-state index is 11.8. The van der Waals surface area contributed by atoms with Crippen LogP contribution in [0, 0.1) is 0 Å². The molecule has 0 N–H and O–H groups in total. The van der Waals surface area contributed by atoms with Gasteiger partial charge < -0.3 is 9.47 Å². The Kier molecular flexibility index (Phi) is 27.3. The van der Waals surface area contributed by atoms with Crippen molar-refractivity contribution in [2.75, 3.05) is 13.2 Å². The Morgan fingerprint density at radius 1 is 0.382 bits per heavy atom. The van der Waals surface area contributed by atoms with Gasteiger partial charge in [0.25, 0.3) is 0 Å². The molecule has 0 aliphatic carbocycles. The lowest BCUT2D eigenvalue weighted by atomic mass is 10.1. The molecule has 0 aliphatic rings.